The van der Waals surface area contributed by atoms with Crippen molar-refractivity contribution < 1.29 is 8.42 Å². The smallest absolute Gasteiger partial charge is 0.276 e. The Bertz CT molecular complexity index is 1100. The molecule has 1 aromatic heterocycles. The summed E-state index contributed by atoms with van der Waals surface area (Å²) in [5, 5.41) is 8.75. The minimum absolute atomic E-state index is 0.175. The molecule has 1 saturated heterocycles. The van der Waals surface area contributed by atoms with Crippen molar-refractivity contribution in [3.63, 3.8) is 0 Å². The molecule has 29 heavy (non-hydrogen) atoms. The van der Waals surface area contributed by atoms with E-state index in [2.05, 4.69) is 14.8 Å². The van der Waals surface area contributed by atoms with Gasteiger partial charge in [-0.2, -0.15) is 18.6 Å². The summed E-state index contributed by atoms with van der Waals surface area (Å²) in [6.07, 6.45) is 3.79. The summed E-state index contributed by atoms with van der Waals surface area (Å²) >= 11 is 0. The largest absolute Gasteiger partial charge is 0.356 e. The number of nitrogens with one attached hydrogen (secondary N) is 1. The van der Waals surface area contributed by atoms with Crippen LogP contribution in [0.3, 0.4) is 0 Å². The molecule has 0 spiro atoms. The van der Waals surface area contributed by atoms with E-state index in [1.165, 1.54) is 12.1 Å². The zero-order chi connectivity index (χ0) is 20.3. The van der Waals surface area contributed by atoms with Crippen LogP contribution in [-0.4, -0.2) is 37.5 Å². The van der Waals surface area contributed by atoms with Gasteiger partial charge in [-0.25, -0.2) is 9.51 Å². The van der Waals surface area contributed by atoms with Crippen molar-refractivity contribution in [1.29, 1.82) is 0 Å². The maximum atomic E-state index is 12.4. The summed E-state index contributed by atoms with van der Waals surface area (Å²) in [5.41, 5.74) is 2.56. The van der Waals surface area contributed by atoms with Crippen molar-refractivity contribution >= 4 is 22.1 Å². The number of hydrogen-bond acceptors (Lipinski definition) is 5. The van der Waals surface area contributed by atoms with Gasteiger partial charge in [-0.1, -0.05) is 36.4 Å². The van der Waals surface area contributed by atoms with E-state index in [1.807, 2.05) is 41.9 Å². The van der Waals surface area contributed by atoms with Crippen LogP contribution >= 0.6 is 0 Å². The predicted octanol–water partition coefficient (Wildman–Crippen LogP) is 3.09. The first-order valence-corrected chi connectivity index (χ1v) is 11.0. The Hall–Kier alpha value is -3.13. The van der Waals surface area contributed by atoms with Crippen molar-refractivity contribution in [3.05, 3.63) is 71.9 Å². The summed E-state index contributed by atoms with van der Waals surface area (Å²) in [6, 6.07) is 18.1. The molecule has 2 aromatic carbocycles. The average Bonchev–Trinajstić information content (AvgIpc) is 3.37. The lowest BCUT2D eigenvalue weighted by Gasteiger charge is -2.20. The number of rotatable bonds is 6. The molecule has 1 fully saturated rings. The zero-order valence-electron chi connectivity index (χ0n) is 16.2. The van der Waals surface area contributed by atoms with E-state index >= 15 is 0 Å². The molecule has 4 rings (SSSR count). The van der Waals surface area contributed by atoms with Gasteiger partial charge in [0.25, 0.3) is 10.0 Å². The van der Waals surface area contributed by atoms with E-state index in [0.717, 1.165) is 48.7 Å². The third kappa shape index (κ3) is 4.02. The van der Waals surface area contributed by atoms with E-state index in [-0.39, 0.29) is 4.90 Å². The standard InChI is InChI=1S/C21H23N5O2S/c1-17-20(16-22-24-29(27,28)19-12-6-3-7-13-19)21(25-14-8-9-15-25)26(23-17)18-10-4-2-5-11-18/h2-7,10-13,16,24H,8-9,14-15H2,1H3. The van der Waals surface area contributed by atoms with Gasteiger partial charge in [-0.15, -0.1) is 0 Å². The van der Waals surface area contributed by atoms with Crippen LogP contribution in [0.15, 0.2) is 70.7 Å². The van der Waals surface area contributed by atoms with Crippen LogP contribution in [0.2, 0.25) is 0 Å². The lowest BCUT2D eigenvalue weighted by Crippen LogP contribution is -2.23. The number of hydrogen-bond donors (Lipinski definition) is 1. The van der Waals surface area contributed by atoms with Crippen molar-refractivity contribution in [2.24, 2.45) is 5.10 Å². The summed E-state index contributed by atoms with van der Waals surface area (Å²) < 4.78 is 26.7. The normalized spacial score (nSPS) is 14.6. The maximum Gasteiger partial charge on any atom is 0.276 e. The first kappa shape index (κ1) is 19.2. The molecule has 1 aliphatic heterocycles. The SMILES string of the molecule is Cc1nn(-c2ccccc2)c(N2CCCC2)c1C=NNS(=O)(=O)c1ccccc1. The number of benzene rings is 2. The van der Waals surface area contributed by atoms with Gasteiger partial charge in [-0.05, 0) is 44.0 Å². The van der Waals surface area contributed by atoms with Crippen molar-refractivity contribution in [1.82, 2.24) is 14.6 Å². The van der Waals surface area contributed by atoms with Crippen molar-refractivity contribution in [3.8, 4) is 5.69 Å². The number of hydrazone groups is 1. The van der Waals surface area contributed by atoms with Crippen LogP contribution in [0.4, 0.5) is 5.82 Å². The maximum absolute atomic E-state index is 12.4. The molecule has 3 aromatic rings. The van der Waals surface area contributed by atoms with Crippen molar-refractivity contribution in [2.45, 2.75) is 24.7 Å². The predicted molar refractivity (Wildman–Crippen MR) is 114 cm³/mol. The fraction of sp³-hybridized carbons (Fsp3) is 0.238. The molecule has 1 N–H and O–H groups in total. The van der Waals surface area contributed by atoms with Gasteiger partial charge in [0.1, 0.15) is 5.82 Å². The number of para-hydroxylation sites is 1. The molecule has 150 valence electrons. The fourth-order valence-corrected chi connectivity index (χ4v) is 4.29. The van der Waals surface area contributed by atoms with Gasteiger partial charge in [0.15, 0.2) is 0 Å². The second-order valence-electron chi connectivity index (χ2n) is 6.93. The van der Waals surface area contributed by atoms with Crippen LogP contribution in [0.1, 0.15) is 24.1 Å². The van der Waals surface area contributed by atoms with E-state index < -0.39 is 10.0 Å². The number of anilines is 1. The number of sulfonamides is 1. The van der Waals surface area contributed by atoms with E-state index in [1.54, 1.807) is 24.4 Å². The van der Waals surface area contributed by atoms with Crippen LogP contribution in [0, 0.1) is 6.92 Å². The molecule has 0 unspecified atom stereocenters. The zero-order valence-corrected chi connectivity index (χ0v) is 17.0. The lowest BCUT2D eigenvalue weighted by atomic mass is 10.2. The number of nitrogens with zero attached hydrogens (tertiary/aromatic N) is 4. The van der Waals surface area contributed by atoms with E-state index in [9.17, 15) is 8.42 Å². The minimum Gasteiger partial charge on any atom is -0.356 e. The number of aryl methyl sites for hydroxylation is 1. The highest BCUT2D eigenvalue weighted by molar-refractivity contribution is 7.89. The average molecular weight is 410 g/mol. The molecule has 1 aliphatic rings. The van der Waals surface area contributed by atoms with Crippen LogP contribution in [0.25, 0.3) is 5.69 Å². The highest BCUT2D eigenvalue weighted by atomic mass is 32.2. The van der Waals surface area contributed by atoms with E-state index in [0.29, 0.717) is 0 Å². The molecule has 0 aliphatic carbocycles. The summed E-state index contributed by atoms with van der Waals surface area (Å²) in [4.78, 5) is 4.76. The highest BCUT2D eigenvalue weighted by Crippen LogP contribution is 2.29. The monoisotopic (exact) mass is 409 g/mol. The lowest BCUT2D eigenvalue weighted by molar-refractivity contribution is 0.584. The van der Waals surface area contributed by atoms with Gasteiger partial charge in [0.2, 0.25) is 0 Å². The summed E-state index contributed by atoms with van der Waals surface area (Å²) in [6.45, 7) is 3.79. The third-order valence-corrected chi connectivity index (χ3v) is 6.15. The highest BCUT2D eigenvalue weighted by Gasteiger charge is 2.23. The molecule has 2 heterocycles. The van der Waals surface area contributed by atoms with Crippen LogP contribution < -0.4 is 9.73 Å². The Morgan fingerprint density at radius 3 is 2.28 bits per heavy atom. The van der Waals surface area contributed by atoms with Gasteiger partial charge in [-0.3, -0.25) is 0 Å². The van der Waals surface area contributed by atoms with Gasteiger partial charge < -0.3 is 4.90 Å². The Kier molecular flexibility index (Phi) is 5.35. The van der Waals surface area contributed by atoms with Gasteiger partial charge >= 0.3 is 0 Å². The third-order valence-electron chi connectivity index (χ3n) is 4.91. The molecule has 0 saturated carbocycles. The van der Waals surface area contributed by atoms with E-state index in [4.69, 9.17) is 5.10 Å². The Morgan fingerprint density at radius 2 is 1.62 bits per heavy atom. The van der Waals surface area contributed by atoms with Crippen LogP contribution in [-0.2, 0) is 10.0 Å². The molecular formula is C21H23N5O2S. The first-order valence-electron chi connectivity index (χ1n) is 9.56. The molecule has 0 amide bonds. The quantitative estimate of drug-likeness (QED) is 0.501. The topological polar surface area (TPSA) is 79.6 Å². The summed E-state index contributed by atoms with van der Waals surface area (Å²) in [7, 11) is -3.71. The molecular weight excluding hydrogens is 386 g/mol. The van der Waals surface area contributed by atoms with Crippen molar-refractivity contribution in [2.75, 3.05) is 18.0 Å². The summed E-state index contributed by atoms with van der Waals surface area (Å²) in [5.74, 6) is 0.939. The van der Waals surface area contributed by atoms with Crippen LogP contribution in [0.5, 0.6) is 0 Å². The molecule has 0 bridgehead atoms. The Balaban J connectivity index is 1.68. The molecule has 0 atom stereocenters. The number of aromatic nitrogens is 2. The molecule has 0 radical (unpaired) electrons. The Morgan fingerprint density at radius 1 is 1.00 bits per heavy atom. The Labute approximate surface area is 170 Å². The second kappa shape index (κ2) is 8.08. The van der Waals surface area contributed by atoms with Gasteiger partial charge in [0, 0.05) is 13.1 Å². The first-order chi connectivity index (χ1) is 14.1. The molecule has 8 heteroatoms. The second-order valence-corrected chi connectivity index (χ2v) is 8.59. The minimum atomic E-state index is -3.71. The van der Waals surface area contributed by atoms with Gasteiger partial charge in [0.05, 0.1) is 28.1 Å². The molecule has 7 nitrogen and oxygen atoms in total. The fourth-order valence-electron chi connectivity index (χ4n) is 3.47.